The summed E-state index contributed by atoms with van der Waals surface area (Å²) in [6, 6.07) is 15.5. The number of halogens is 1. The first-order valence-electron chi connectivity index (χ1n) is 8.27. The van der Waals surface area contributed by atoms with Gasteiger partial charge >= 0.3 is 0 Å². The van der Waals surface area contributed by atoms with Gasteiger partial charge in [0.1, 0.15) is 0 Å². The Hall–Kier alpha value is -1.47. The Morgan fingerprint density at radius 3 is 2.50 bits per heavy atom. The molecule has 2 N–H and O–H groups in total. The maximum absolute atomic E-state index is 13.3. The van der Waals surface area contributed by atoms with Gasteiger partial charge < -0.3 is 10.5 Å². The highest BCUT2D eigenvalue weighted by Crippen LogP contribution is 2.64. The fraction of sp³-hybridized carbons (Fsp3) is 0.316. The van der Waals surface area contributed by atoms with Gasteiger partial charge in [0.2, 0.25) is 0 Å². The van der Waals surface area contributed by atoms with Crippen LogP contribution in [-0.2, 0) is 14.6 Å². The van der Waals surface area contributed by atoms with Gasteiger partial charge in [-0.15, -0.1) is 0 Å². The molecule has 0 aromatic heterocycles. The van der Waals surface area contributed by atoms with Crippen molar-refractivity contribution in [1.82, 2.24) is 0 Å². The first-order valence-corrected chi connectivity index (χ1v) is 10.6. The molecule has 0 bridgehead atoms. The van der Waals surface area contributed by atoms with Gasteiger partial charge in [-0.1, -0.05) is 54.2 Å². The van der Waals surface area contributed by atoms with Crippen LogP contribution in [-0.4, -0.2) is 31.9 Å². The largest absolute Gasteiger partial charge is 0.393 e. The monoisotopic (exact) mass is 409 g/mol. The van der Waals surface area contributed by atoms with Crippen molar-refractivity contribution in [2.24, 2.45) is 11.1 Å². The number of hydrogen-bond acceptors (Lipinski definition) is 4. The molecule has 3 rings (SSSR count). The first kappa shape index (κ1) is 19.3. The van der Waals surface area contributed by atoms with Crippen LogP contribution in [0, 0.1) is 5.41 Å². The third-order valence-electron chi connectivity index (χ3n) is 4.87. The number of nitrogens with two attached hydrogens (primary N) is 1. The lowest BCUT2D eigenvalue weighted by atomic mass is 10.00. The lowest BCUT2D eigenvalue weighted by molar-refractivity contribution is 0.121. The molecule has 1 aliphatic rings. The molecule has 1 fully saturated rings. The topological polar surface area (TPSA) is 69.4 Å². The standard InChI is InChI=1S/C19H20ClNO3S2/c1-2-24-12-19(18(21)25)16(13-7-6-8-14(20)11-13)17(19)26(22,23)15-9-4-3-5-10-15/h3-11,16-17H,2,12H2,1H3,(H2,21,25)/t16-,17-,19+/m0/s1. The zero-order chi connectivity index (χ0) is 18.9. The van der Waals surface area contributed by atoms with Crippen LogP contribution in [0.2, 0.25) is 5.02 Å². The van der Waals surface area contributed by atoms with E-state index in [1.54, 1.807) is 48.5 Å². The van der Waals surface area contributed by atoms with Crippen molar-refractivity contribution in [2.75, 3.05) is 13.2 Å². The fourth-order valence-corrected chi connectivity index (χ4v) is 6.59. The number of ether oxygens (including phenoxy) is 1. The summed E-state index contributed by atoms with van der Waals surface area (Å²) in [6.07, 6.45) is 0. The summed E-state index contributed by atoms with van der Waals surface area (Å²) < 4.78 is 32.3. The van der Waals surface area contributed by atoms with Crippen LogP contribution in [0.5, 0.6) is 0 Å². The Kier molecular flexibility index (Phi) is 5.40. The Balaban J connectivity index is 2.12. The second-order valence-electron chi connectivity index (χ2n) is 6.35. The van der Waals surface area contributed by atoms with Crippen LogP contribution in [0.15, 0.2) is 59.5 Å². The lowest BCUT2D eigenvalue weighted by Crippen LogP contribution is -2.33. The third-order valence-corrected chi connectivity index (χ3v) is 7.78. The lowest BCUT2D eigenvalue weighted by Gasteiger charge is -2.17. The minimum atomic E-state index is -3.65. The number of thiocarbonyl (C=S) groups is 1. The number of sulfone groups is 1. The molecule has 2 aromatic rings. The van der Waals surface area contributed by atoms with Crippen molar-refractivity contribution in [3.63, 3.8) is 0 Å². The van der Waals surface area contributed by atoms with E-state index in [0.717, 1.165) is 5.56 Å². The molecule has 138 valence electrons. The first-order chi connectivity index (χ1) is 12.4. The second-order valence-corrected chi connectivity index (χ2v) is 9.30. The van der Waals surface area contributed by atoms with E-state index in [9.17, 15) is 8.42 Å². The van der Waals surface area contributed by atoms with Gasteiger partial charge in [-0.05, 0) is 36.8 Å². The van der Waals surface area contributed by atoms with E-state index in [4.69, 9.17) is 34.3 Å². The number of benzene rings is 2. The summed E-state index contributed by atoms with van der Waals surface area (Å²) in [5.74, 6) is -0.393. The Bertz CT molecular complexity index is 917. The molecule has 0 heterocycles. The van der Waals surface area contributed by atoms with Crippen molar-refractivity contribution < 1.29 is 13.2 Å². The molecule has 3 atom stereocenters. The van der Waals surface area contributed by atoms with Crippen molar-refractivity contribution in [3.8, 4) is 0 Å². The van der Waals surface area contributed by atoms with E-state index >= 15 is 0 Å². The highest BCUT2D eigenvalue weighted by Gasteiger charge is 2.73. The van der Waals surface area contributed by atoms with Gasteiger partial charge in [0.25, 0.3) is 0 Å². The molecule has 4 nitrogen and oxygen atoms in total. The molecule has 1 aliphatic carbocycles. The van der Waals surface area contributed by atoms with Crippen molar-refractivity contribution in [1.29, 1.82) is 0 Å². The SMILES string of the molecule is CCOC[C@@]1(C(N)=S)[C@@H](c2cccc(Cl)c2)[C@@H]1S(=O)(=O)c1ccccc1. The summed E-state index contributed by atoms with van der Waals surface area (Å²) in [4.78, 5) is 0.409. The molecule has 7 heteroatoms. The van der Waals surface area contributed by atoms with Gasteiger partial charge in [0.15, 0.2) is 9.84 Å². The van der Waals surface area contributed by atoms with Crippen molar-refractivity contribution >= 4 is 38.6 Å². The highest BCUT2D eigenvalue weighted by atomic mass is 35.5. The summed E-state index contributed by atoms with van der Waals surface area (Å²) in [6.45, 7) is 2.46. The average molecular weight is 410 g/mol. The van der Waals surface area contributed by atoms with E-state index in [1.807, 2.05) is 13.0 Å². The maximum Gasteiger partial charge on any atom is 0.182 e. The van der Waals surface area contributed by atoms with Gasteiger partial charge in [-0.25, -0.2) is 8.42 Å². The fourth-order valence-electron chi connectivity index (χ4n) is 3.60. The van der Waals surface area contributed by atoms with Crippen molar-refractivity contribution in [3.05, 3.63) is 65.2 Å². The third kappa shape index (κ3) is 3.16. The van der Waals surface area contributed by atoms with Crippen LogP contribution >= 0.6 is 23.8 Å². The van der Waals surface area contributed by atoms with E-state index < -0.39 is 26.4 Å². The molecule has 0 spiro atoms. The Morgan fingerprint density at radius 2 is 1.92 bits per heavy atom. The summed E-state index contributed by atoms with van der Waals surface area (Å²) >= 11 is 11.4. The summed E-state index contributed by atoms with van der Waals surface area (Å²) in [5.41, 5.74) is 5.92. The van der Waals surface area contributed by atoms with E-state index in [-0.39, 0.29) is 16.5 Å². The molecule has 0 saturated heterocycles. The summed E-state index contributed by atoms with van der Waals surface area (Å²) in [7, 11) is -3.65. The predicted molar refractivity (Wildman–Crippen MR) is 107 cm³/mol. The minimum absolute atomic E-state index is 0.153. The van der Waals surface area contributed by atoms with Crippen LogP contribution in [0.25, 0.3) is 0 Å². The normalized spacial score (nSPS) is 25.0. The molecule has 1 saturated carbocycles. The zero-order valence-electron chi connectivity index (χ0n) is 14.3. The van der Waals surface area contributed by atoms with Gasteiger partial charge in [0.05, 0.1) is 27.2 Å². The van der Waals surface area contributed by atoms with Crippen LogP contribution in [0.4, 0.5) is 0 Å². The quantitative estimate of drug-likeness (QED) is 0.707. The number of hydrogen-bond donors (Lipinski definition) is 1. The van der Waals surface area contributed by atoms with E-state index in [0.29, 0.717) is 11.6 Å². The highest BCUT2D eigenvalue weighted by molar-refractivity contribution is 7.92. The van der Waals surface area contributed by atoms with Crippen LogP contribution in [0.3, 0.4) is 0 Å². The molecule has 2 aromatic carbocycles. The average Bonchev–Trinajstić information content (AvgIpc) is 3.32. The molecule has 0 aliphatic heterocycles. The molecular formula is C19H20ClNO3S2. The summed E-state index contributed by atoms with van der Waals surface area (Å²) in [5, 5.41) is -0.238. The zero-order valence-corrected chi connectivity index (χ0v) is 16.7. The van der Waals surface area contributed by atoms with Crippen molar-refractivity contribution in [2.45, 2.75) is 23.0 Å². The molecule has 0 amide bonds. The van der Waals surface area contributed by atoms with Gasteiger partial charge in [-0.3, -0.25) is 0 Å². The molecule has 26 heavy (non-hydrogen) atoms. The minimum Gasteiger partial charge on any atom is -0.393 e. The molecular weight excluding hydrogens is 390 g/mol. The second kappa shape index (κ2) is 7.27. The molecule has 0 unspecified atom stereocenters. The Labute approximate surface area is 164 Å². The van der Waals surface area contributed by atoms with Gasteiger partial charge in [-0.2, -0.15) is 0 Å². The van der Waals surface area contributed by atoms with Crippen LogP contribution < -0.4 is 5.73 Å². The number of rotatable bonds is 7. The maximum atomic E-state index is 13.3. The van der Waals surface area contributed by atoms with E-state index in [1.165, 1.54) is 0 Å². The Morgan fingerprint density at radius 1 is 1.23 bits per heavy atom. The van der Waals surface area contributed by atoms with Gasteiger partial charge in [0, 0.05) is 17.5 Å². The molecule has 0 radical (unpaired) electrons. The van der Waals surface area contributed by atoms with Crippen LogP contribution in [0.1, 0.15) is 18.4 Å². The van der Waals surface area contributed by atoms with E-state index in [2.05, 4.69) is 0 Å². The predicted octanol–water partition coefficient (Wildman–Crippen LogP) is 3.59. The smallest absolute Gasteiger partial charge is 0.182 e.